The normalized spacial score (nSPS) is 17.5. The number of carbonyl (C=O) groups excluding carboxylic acids is 1. The van der Waals surface area contributed by atoms with Crippen LogP contribution in [0.5, 0.6) is 0 Å². The Bertz CT molecular complexity index is 687. The minimum absolute atomic E-state index is 0.0712. The lowest BCUT2D eigenvalue weighted by atomic mass is 10.1. The molecule has 7 heteroatoms. The molecule has 1 aromatic heterocycles. The van der Waals surface area contributed by atoms with Crippen molar-refractivity contribution in [2.24, 2.45) is 0 Å². The fourth-order valence-corrected chi connectivity index (χ4v) is 3.21. The highest BCUT2D eigenvalue weighted by molar-refractivity contribution is 6.30. The molecule has 1 saturated heterocycles. The van der Waals surface area contributed by atoms with E-state index in [-0.39, 0.29) is 12.1 Å². The first-order chi connectivity index (χ1) is 11.2. The summed E-state index contributed by atoms with van der Waals surface area (Å²) in [5.74, 6) is 0.763. The Labute approximate surface area is 140 Å². The predicted octanol–water partition coefficient (Wildman–Crippen LogP) is 3.00. The molecule has 2 heterocycles. The van der Waals surface area contributed by atoms with E-state index in [0.717, 1.165) is 37.3 Å². The van der Waals surface area contributed by atoms with Crippen molar-refractivity contribution >= 4 is 17.6 Å². The molecule has 2 aromatic rings. The summed E-state index contributed by atoms with van der Waals surface area (Å²) in [6.45, 7) is 3.94. The molecule has 0 bridgehead atoms. The SMILES string of the molecule is CCn1cnnc1CNC(=O)N1CCC[C@@H]1c1cccc(Cl)c1. The van der Waals surface area contributed by atoms with Gasteiger partial charge < -0.3 is 14.8 Å². The Morgan fingerprint density at radius 3 is 3.13 bits per heavy atom. The largest absolute Gasteiger partial charge is 0.331 e. The third kappa shape index (κ3) is 3.47. The summed E-state index contributed by atoms with van der Waals surface area (Å²) < 4.78 is 1.92. The topological polar surface area (TPSA) is 63.1 Å². The Morgan fingerprint density at radius 2 is 2.35 bits per heavy atom. The summed E-state index contributed by atoms with van der Waals surface area (Å²) in [6.07, 6.45) is 3.63. The number of aryl methyl sites for hydroxylation is 1. The lowest BCUT2D eigenvalue weighted by Gasteiger charge is -2.25. The molecule has 0 saturated carbocycles. The number of halogens is 1. The van der Waals surface area contributed by atoms with E-state index in [0.29, 0.717) is 11.6 Å². The van der Waals surface area contributed by atoms with Crippen LogP contribution in [0.3, 0.4) is 0 Å². The zero-order valence-corrected chi connectivity index (χ0v) is 13.8. The number of benzene rings is 1. The molecule has 122 valence electrons. The summed E-state index contributed by atoms with van der Waals surface area (Å²) in [5.41, 5.74) is 1.09. The van der Waals surface area contributed by atoms with Crippen LogP contribution in [0.4, 0.5) is 4.79 Å². The van der Waals surface area contributed by atoms with Crippen molar-refractivity contribution in [2.75, 3.05) is 6.54 Å². The maximum Gasteiger partial charge on any atom is 0.318 e. The average molecular weight is 334 g/mol. The third-order valence-corrected chi connectivity index (χ3v) is 4.42. The van der Waals surface area contributed by atoms with Gasteiger partial charge in [-0.05, 0) is 37.5 Å². The molecular weight excluding hydrogens is 314 g/mol. The molecule has 1 fully saturated rings. The third-order valence-electron chi connectivity index (χ3n) is 4.18. The molecule has 1 N–H and O–H groups in total. The van der Waals surface area contributed by atoms with Gasteiger partial charge in [0, 0.05) is 18.1 Å². The van der Waals surface area contributed by atoms with Crippen molar-refractivity contribution in [1.29, 1.82) is 0 Å². The average Bonchev–Trinajstić information content (AvgIpc) is 3.21. The standard InChI is InChI=1S/C16H20ClN5O/c1-2-21-11-19-20-15(21)10-18-16(23)22-8-4-7-14(22)12-5-3-6-13(17)9-12/h3,5-6,9,11,14H,2,4,7-8,10H2,1H3,(H,18,23)/t14-/m1/s1. The van der Waals surface area contributed by atoms with Gasteiger partial charge in [-0.3, -0.25) is 0 Å². The number of nitrogens with one attached hydrogen (secondary N) is 1. The van der Waals surface area contributed by atoms with Gasteiger partial charge in [0.25, 0.3) is 0 Å². The van der Waals surface area contributed by atoms with Crippen molar-refractivity contribution in [3.05, 3.63) is 47.0 Å². The van der Waals surface area contributed by atoms with E-state index in [9.17, 15) is 4.79 Å². The molecule has 0 unspecified atom stereocenters. The van der Waals surface area contributed by atoms with E-state index in [2.05, 4.69) is 15.5 Å². The summed E-state index contributed by atoms with van der Waals surface area (Å²) in [6, 6.07) is 7.75. The van der Waals surface area contributed by atoms with E-state index in [1.807, 2.05) is 40.7 Å². The molecule has 3 rings (SSSR count). The zero-order valence-electron chi connectivity index (χ0n) is 13.1. The van der Waals surface area contributed by atoms with Gasteiger partial charge in [-0.2, -0.15) is 0 Å². The van der Waals surface area contributed by atoms with Crippen LogP contribution in [0.1, 0.15) is 37.2 Å². The number of hydrogen-bond donors (Lipinski definition) is 1. The molecule has 1 aromatic carbocycles. The van der Waals surface area contributed by atoms with Gasteiger partial charge in [0.15, 0.2) is 5.82 Å². The van der Waals surface area contributed by atoms with Gasteiger partial charge in [0.1, 0.15) is 6.33 Å². The number of aromatic nitrogens is 3. The number of rotatable bonds is 4. The van der Waals surface area contributed by atoms with Gasteiger partial charge in [-0.15, -0.1) is 10.2 Å². The highest BCUT2D eigenvalue weighted by Gasteiger charge is 2.30. The first kappa shape index (κ1) is 15.8. The molecule has 23 heavy (non-hydrogen) atoms. The lowest BCUT2D eigenvalue weighted by molar-refractivity contribution is 0.192. The van der Waals surface area contributed by atoms with Crippen LogP contribution < -0.4 is 5.32 Å². The molecule has 2 amide bonds. The van der Waals surface area contributed by atoms with Crippen LogP contribution in [0.2, 0.25) is 5.02 Å². The van der Waals surface area contributed by atoms with Gasteiger partial charge in [-0.25, -0.2) is 4.79 Å². The number of likely N-dealkylation sites (tertiary alicyclic amines) is 1. The molecule has 1 aliphatic heterocycles. The minimum Gasteiger partial charge on any atom is -0.331 e. The maximum atomic E-state index is 12.5. The van der Waals surface area contributed by atoms with Gasteiger partial charge in [0.2, 0.25) is 0 Å². The van der Waals surface area contributed by atoms with Gasteiger partial charge in [-0.1, -0.05) is 23.7 Å². The number of nitrogens with zero attached hydrogens (tertiary/aromatic N) is 4. The second kappa shape index (κ2) is 7.00. The van der Waals surface area contributed by atoms with Crippen LogP contribution in [-0.4, -0.2) is 32.2 Å². The fourth-order valence-electron chi connectivity index (χ4n) is 3.01. The Balaban J connectivity index is 1.66. The Morgan fingerprint density at radius 1 is 1.48 bits per heavy atom. The van der Waals surface area contributed by atoms with E-state index < -0.39 is 0 Å². The van der Waals surface area contributed by atoms with Crippen molar-refractivity contribution in [3.8, 4) is 0 Å². The van der Waals surface area contributed by atoms with E-state index >= 15 is 0 Å². The lowest BCUT2D eigenvalue weighted by Crippen LogP contribution is -2.39. The minimum atomic E-state index is -0.0712. The van der Waals surface area contributed by atoms with E-state index in [4.69, 9.17) is 11.6 Å². The van der Waals surface area contributed by atoms with Crippen LogP contribution in [0.15, 0.2) is 30.6 Å². The Kier molecular flexibility index (Phi) is 4.81. The second-order valence-electron chi connectivity index (χ2n) is 5.60. The quantitative estimate of drug-likeness (QED) is 0.935. The number of carbonyl (C=O) groups is 1. The van der Waals surface area contributed by atoms with Crippen molar-refractivity contribution in [2.45, 2.75) is 38.9 Å². The van der Waals surface area contributed by atoms with Crippen LogP contribution in [0.25, 0.3) is 0 Å². The molecule has 0 aliphatic carbocycles. The smallest absolute Gasteiger partial charge is 0.318 e. The number of hydrogen-bond acceptors (Lipinski definition) is 3. The maximum absolute atomic E-state index is 12.5. The zero-order chi connectivity index (χ0) is 16.2. The Hall–Kier alpha value is -2.08. The number of amides is 2. The summed E-state index contributed by atoms with van der Waals surface area (Å²) in [5, 5.41) is 11.6. The van der Waals surface area contributed by atoms with E-state index in [1.165, 1.54) is 0 Å². The first-order valence-electron chi connectivity index (χ1n) is 7.85. The number of urea groups is 1. The van der Waals surface area contributed by atoms with Crippen molar-refractivity contribution < 1.29 is 4.79 Å². The van der Waals surface area contributed by atoms with Crippen LogP contribution in [0, 0.1) is 0 Å². The molecular formula is C16H20ClN5O. The summed E-state index contributed by atoms with van der Waals surface area (Å²) in [7, 11) is 0. The molecule has 1 aliphatic rings. The molecule has 0 spiro atoms. The highest BCUT2D eigenvalue weighted by atomic mass is 35.5. The molecule has 0 radical (unpaired) electrons. The second-order valence-corrected chi connectivity index (χ2v) is 6.03. The summed E-state index contributed by atoms with van der Waals surface area (Å²) in [4.78, 5) is 14.4. The van der Waals surface area contributed by atoms with Crippen LogP contribution >= 0.6 is 11.6 Å². The predicted molar refractivity (Wildman–Crippen MR) is 88.1 cm³/mol. The summed E-state index contributed by atoms with van der Waals surface area (Å²) >= 11 is 6.08. The van der Waals surface area contributed by atoms with Crippen molar-refractivity contribution in [1.82, 2.24) is 25.0 Å². The highest BCUT2D eigenvalue weighted by Crippen LogP contribution is 2.32. The first-order valence-corrected chi connectivity index (χ1v) is 8.23. The van der Waals surface area contributed by atoms with Gasteiger partial charge in [0.05, 0.1) is 12.6 Å². The fraction of sp³-hybridized carbons (Fsp3) is 0.438. The molecule has 1 atom stereocenters. The monoisotopic (exact) mass is 333 g/mol. The van der Waals surface area contributed by atoms with Crippen molar-refractivity contribution in [3.63, 3.8) is 0 Å². The molecule has 6 nitrogen and oxygen atoms in total. The van der Waals surface area contributed by atoms with Gasteiger partial charge >= 0.3 is 6.03 Å². The van der Waals surface area contributed by atoms with Crippen LogP contribution in [-0.2, 0) is 13.1 Å². The van der Waals surface area contributed by atoms with E-state index in [1.54, 1.807) is 6.33 Å².